The molecule has 2 amide bonds. The highest BCUT2D eigenvalue weighted by Gasteiger charge is 2.31. The van der Waals surface area contributed by atoms with E-state index in [2.05, 4.69) is 20.6 Å². The first-order chi connectivity index (χ1) is 8.98. The third-order valence-corrected chi connectivity index (χ3v) is 3.14. The van der Waals surface area contributed by atoms with E-state index in [9.17, 15) is 9.59 Å². The highest BCUT2D eigenvalue weighted by molar-refractivity contribution is 5.77. The molecule has 0 aliphatic rings. The monoisotopic (exact) mass is 268 g/mol. The van der Waals surface area contributed by atoms with E-state index < -0.39 is 11.4 Å². The molecule has 0 fully saturated rings. The van der Waals surface area contributed by atoms with Gasteiger partial charge in [-0.15, -0.1) is 0 Å². The first kappa shape index (κ1) is 15.0. The number of hydrogen-bond donors (Lipinski definition) is 4. The van der Waals surface area contributed by atoms with E-state index in [1.165, 1.54) is 0 Å². The Hall–Kier alpha value is -2.05. The number of carbonyl (C=O) groups excluding carboxylic acids is 1. The Kier molecular flexibility index (Phi) is 5.35. The van der Waals surface area contributed by atoms with Gasteiger partial charge in [0.1, 0.15) is 5.82 Å². The number of aromatic nitrogens is 2. The number of carboxylic acid groups (broad SMARTS) is 1. The molecule has 0 saturated heterocycles. The van der Waals surface area contributed by atoms with Crippen LogP contribution in [0.2, 0.25) is 0 Å². The highest BCUT2D eigenvalue weighted by Crippen LogP contribution is 2.19. The zero-order chi connectivity index (χ0) is 14.3. The molecule has 7 heteroatoms. The van der Waals surface area contributed by atoms with Gasteiger partial charge >= 0.3 is 12.0 Å². The fourth-order valence-corrected chi connectivity index (χ4v) is 1.42. The lowest BCUT2D eigenvalue weighted by Crippen LogP contribution is -2.45. The Morgan fingerprint density at radius 2 is 2.21 bits per heavy atom. The minimum Gasteiger partial charge on any atom is -0.481 e. The van der Waals surface area contributed by atoms with E-state index in [1.54, 1.807) is 26.2 Å². The summed E-state index contributed by atoms with van der Waals surface area (Å²) < 4.78 is 0. The summed E-state index contributed by atoms with van der Waals surface area (Å²) in [6.07, 6.45) is 4.42. The van der Waals surface area contributed by atoms with Gasteiger partial charge in [0.05, 0.1) is 5.41 Å². The third-order valence-electron chi connectivity index (χ3n) is 3.14. The lowest BCUT2D eigenvalue weighted by molar-refractivity contribution is -0.147. The molecule has 0 spiro atoms. The van der Waals surface area contributed by atoms with Crippen LogP contribution in [0.4, 0.5) is 4.79 Å². The average Bonchev–Trinajstić information content (AvgIpc) is 2.89. The summed E-state index contributed by atoms with van der Waals surface area (Å²) in [6, 6.07) is -0.368. The van der Waals surface area contributed by atoms with Crippen molar-refractivity contribution in [3.8, 4) is 0 Å². The lowest BCUT2D eigenvalue weighted by Gasteiger charge is -2.23. The van der Waals surface area contributed by atoms with Crippen molar-refractivity contribution in [2.24, 2.45) is 5.41 Å². The van der Waals surface area contributed by atoms with Crippen LogP contribution in [0.5, 0.6) is 0 Å². The predicted octanol–water partition coefficient (Wildman–Crippen LogP) is 0.752. The standard InChI is InChI=1S/C12H20N4O3/c1-3-12(2,10(17)18)8-16-11(19)15-5-4-9-13-6-7-14-9/h6-7H,3-5,8H2,1-2H3,(H,13,14)(H,17,18)(H2,15,16,19). The SMILES string of the molecule is CCC(C)(CNC(=O)NCCc1ncc[nH]1)C(=O)O. The second-order valence-corrected chi connectivity index (χ2v) is 4.61. The maximum Gasteiger partial charge on any atom is 0.314 e. The number of nitrogens with one attached hydrogen (secondary N) is 3. The largest absolute Gasteiger partial charge is 0.481 e. The summed E-state index contributed by atoms with van der Waals surface area (Å²) in [5, 5.41) is 14.3. The van der Waals surface area contributed by atoms with Crippen LogP contribution in [0.1, 0.15) is 26.1 Å². The van der Waals surface area contributed by atoms with E-state index in [-0.39, 0.29) is 12.6 Å². The minimum atomic E-state index is -0.932. The number of aromatic amines is 1. The zero-order valence-corrected chi connectivity index (χ0v) is 11.2. The number of carboxylic acids is 1. The van der Waals surface area contributed by atoms with Crippen LogP contribution in [0.15, 0.2) is 12.4 Å². The molecule has 1 heterocycles. The molecule has 1 unspecified atom stereocenters. The quantitative estimate of drug-likeness (QED) is 0.585. The Morgan fingerprint density at radius 1 is 1.47 bits per heavy atom. The number of nitrogens with zero attached hydrogens (tertiary/aromatic N) is 1. The molecule has 1 atom stereocenters. The zero-order valence-electron chi connectivity index (χ0n) is 11.2. The molecule has 106 valence electrons. The average molecular weight is 268 g/mol. The van der Waals surface area contributed by atoms with Crippen molar-refractivity contribution >= 4 is 12.0 Å². The summed E-state index contributed by atoms with van der Waals surface area (Å²) in [6.45, 7) is 3.93. The van der Waals surface area contributed by atoms with E-state index in [1.807, 2.05) is 0 Å². The van der Waals surface area contributed by atoms with Gasteiger partial charge in [-0.05, 0) is 13.3 Å². The van der Waals surface area contributed by atoms with Gasteiger partial charge in [-0.1, -0.05) is 6.92 Å². The topological polar surface area (TPSA) is 107 Å². The summed E-state index contributed by atoms with van der Waals surface area (Å²) in [5.74, 6) is -0.116. The number of H-pyrrole nitrogens is 1. The summed E-state index contributed by atoms with van der Waals surface area (Å²) >= 11 is 0. The molecule has 1 rings (SSSR count). The Balaban J connectivity index is 2.26. The molecule has 7 nitrogen and oxygen atoms in total. The number of urea groups is 1. The van der Waals surface area contributed by atoms with Crippen molar-refractivity contribution in [2.45, 2.75) is 26.7 Å². The molecule has 1 aromatic heterocycles. The van der Waals surface area contributed by atoms with Gasteiger partial charge in [0.2, 0.25) is 0 Å². The number of hydrogen-bond acceptors (Lipinski definition) is 3. The van der Waals surface area contributed by atoms with Gasteiger partial charge in [0, 0.05) is 31.9 Å². The summed E-state index contributed by atoms with van der Waals surface area (Å²) in [4.78, 5) is 29.5. The molecule has 0 aromatic carbocycles. The van der Waals surface area contributed by atoms with Crippen molar-refractivity contribution in [3.05, 3.63) is 18.2 Å². The van der Waals surface area contributed by atoms with Crippen LogP contribution in [0.3, 0.4) is 0 Å². The van der Waals surface area contributed by atoms with Gasteiger partial charge in [0.15, 0.2) is 0 Å². The molecule has 4 N–H and O–H groups in total. The molecule has 0 radical (unpaired) electrons. The molecular weight excluding hydrogens is 248 g/mol. The predicted molar refractivity (Wildman–Crippen MR) is 69.7 cm³/mol. The Bertz CT molecular complexity index is 419. The Labute approximate surface area is 111 Å². The lowest BCUT2D eigenvalue weighted by atomic mass is 9.88. The normalized spacial score (nSPS) is 13.6. The summed E-state index contributed by atoms with van der Waals surface area (Å²) in [7, 11) is 0. The van der Waals surface area contributed by atoms with Crippen molar-refractivity contribution in [3.63, 3.8) is 0 Å². The van der Waals surface area contributed by atoms with Crippen LogP contribution < -0.4 is 10.6 Å². The van der Waals surface area contributed by atoms with Gasteiger partial charge in [0.25, 0.3) is 0 Å². The molecule has 1 aromatic rings. The first-order valence-corrected chi connectivity index (χ1v) is 6.21. The first-order valence-electron chi connectivity index (χ1n) is 6.21. The maximum absolute atomic E-state index is 11.5. The maximum atomic E-state index is 11.5. The second kappa shape index (κ2) is 6.77. The van der Waals surface area contributed by atoms with E-state index >= 15 is 0 Å². The molecule has 0 saturated carbocycles. The Morgan fingerprint density at radius 3 is 2.74 bits per heavy atom. The fraction of sp³-hybridized carbons (Fsp3) is 0.583. The number of aliphatic carboxylic acids is 1. The summed E-state index contributed by atoms with van der Waals surface area (Å²) in [5.41, 5.74) is -0.932. The van der Waals surface area contributed by atoms with Crippen molar-refractivity contribution in [1.29, 1.82) is 0 Å². The van der Waals surface area contributed by atoms with Crippen molar-refractivity contribution in [2.75, 3.05) is 13.1 Å². The molecule has 0 aliphatic heterocycles. The van der Waals surface area contributed by atoms with Crippen LogP contribution in [-0.4, -0.2) is 40.2 Å². The molecule has 19 heavy (non-hydrogen) atoms. The molecular formula is C12H20N4O3. The molecule has 0 bridgehead atoms. The number of rotatable bonds is 7. The van der Waals surface area contributed by atoms with Crippen LogP contribution >= 0.6 is 0 Å². The van der Waals surface area contributed by atoms with Crippen LogP contribution in [0, 0.1) is 5.41 Å². The van der Waals surface area contributed by atoms with E-state index in [4.69, 9.17) is 5.11 Å². The number of carbonyl (C=O) groups is 2. The minimum absolute atomic E-state index is 0.103. The van der Waals surface area contributed by atoms with Gasteiger partial charge in [-0.3, -0.25) is 4.79 Å². The number of imidazole rings is 1. The van der Waals surface area contributed by atoms with Gasteiger partial charge in [-0.25, -0.2) is 9.78 Å². The van der Waals surface area contributed by atoms with Gasteiger partial charge < -0.3 is 20.7 Å². The smallest absolute Gasteiger partial charge is 0.314 e. The third kappa shape index (κ3) is 4.61. The highest BCUT2D eigenvalue weighted by atomic mass is 16.4. The van der Waals surface area contributed by atoms with E-state index in [0.717, 1.165) is 5.82 Å². The van der Waals surface area contributed by atoms with Crippen LogP contribution in [0.25, 0.3) is 0 Å². The van der Waals surface area contributed by atoms with Crippen molar-refractivity contribution in [1.82, 2.24) is 20.6 Å². The molecule has 0 aliphatic carbocycles. The van der Waals surface area contributed by atoms with Crippen molar-refractivity contribution < 1.29 is 14.7 Å². The fourth-order valence-electron chi connectivity index (χ4n) is 1.42. The number of amides is 2. The van der Waals surface area contributed by atoms with E-state index in [0.29, 0.717) is 19.4 Å². The van der Waals surface area contributed by atoms with Gasteiger partial charge in [-0.2, -0.15) is 0 Å². The van der Waals surface area contributed by atoms with Crippen LogP contribution in [-0.2, 0) is 11.2 Å². The second-order valence-electron chi connectivity index (χ2n) is 4.61.